The molecule has 0 unspecified atom stereocenters. The minimum absolute atomic E-state index is 0.0643. The molecule has 0 atom stereocenters. The number of para-hydroxylation sites is 2. The van der Waals surface area contributed by atoms with Crippen LogP contribution in [-0.4, -0.2) is 15.8 Å². The largest absolute Gasteiger partial charge is 0.310 e. The maximum atomic E-state index is 2.65. The van der Waals surface area contributed by atoms with E-state index in [9.17, 15) is 0 Å². The molecule has 57 heavy (non-hydrogen) atoms. The molecule has 0 fully saturated rings. The third-order valence-electron chi connectivity index (χ3n) is 13.8. The van der Waals surface area contributed by atoms with Gasteiger partial charge in [0.1, 0.15) is 0 Å². The Balaban J connectivity index is 1.28. The molecule has 11 aromatic carbocycles. The van der Waals surface area contributed by atoms with Crippen LogP contribution in [-0.2, 0) is 0 Å². The summed E-state index contributed by atoms with van der Waals surface area (Å²) in [7, 11) is 0. The monoisotopic (exact) mass is 716 g/mol. The molecule has 2 aliphatic rings. The molecule has 15 rings (SSSR count). The Morgan fingerprint density at radius 3 is 1.40 bits per heavy atom. The molecule has 4 heterocycles. The predicted molar refractivity (Wildman–Crippen MR) is 245 cm³/mol. The zero-order valence-electron chi connectivity index (χ0n) is 30.7. The van der Waals surface area contributed by atoms with Gasteiger partial charge in [-0.3, -0.25) is 0 Å². The molecule has 13 aromatic rings. The topological polar surface area (TPSA) is 9.86 Å². The Bertz CT molecular complexity index is 4020. The number of aromatic nitrogens is 2. The lowest BCUT2D eigenvalue weighted by molar-refractivity contribution is 1.14. The highest BCUT2D eigenvalue weighted by Crippen LogP contribution is 2.49. The van der Waals surface area contributed by atoms with Gasteiger partial charge in [0.2, 0.25) is 0 Å². The van der Waals surface area contributed by atoms with E-state index < -0.39 is 0 Å². The summed E-state index contributed by atoms with van der Waals surface area (Å²) in [4.78, 5) is 0. The molecule has 0 N–H and O–H groups in total. The third-order valence-corrected chi connectivity index (χ3v) is 13.8. The van der Waals surface area contributed by atoms with Crippen molar-refractivity contribution in [2.75, 3.05) is 0 Å². The van der Waals surface area contributed by atoms with Crippen LogP contribution in [0.15, 0.2) is 176 Å². The molecule has 0 aliphatic carbocycles. The van der Waals surface area contributed by atoms with Gasteiger partial charge < -0.3 is 9.13 Å². The number of benzene rings is 11. The Morgan fingerprint density at radius 2 is 0.754 bits per heavy atom. The zero-order valence-corrected chi connectivity index (χ0v) is 30.7. The summed E-state index contributed by atoms with van der Waals surface area (Å²) in [5.41, 5.74) is 11.9. The molecule has 258 valence electrons. The van der Waals surface area contributed by atoms with E-state index in [1.807, 2.05) is 0 Å². The van der Waals surface area contributed by atoms with Gasteiger partial charge in [0.05, 0.1) is 16.6 Å². The van der Waals surface area contributed by atoms with Crippen molar-refractivity contribution in [2.45, 2.75) is 0 Å². The molecule has 2 aromatic heterocycles. The van der Waals surface area contributed by atoms with Crippen LogP contribution in [0.4, 0.5) is 0 Å². The highest BCUT2D eigenvalue weighted by molar-refractivity contribution is 7.00. The quantitative estimate of drug-likeness (QED) is 0.109. The number of hydrogen-bond acceptors (Lipinski definition) is 0. The van der Waals surface area contributed by atoms with E-state index in [1.54, 1.807) is 0 Å². The smallest absolute Gasteiger partial charge is 0.252 e. The number of rotatable bonds is 0. The van der Waals surface area contributed by atoms with Crippen LogP contribution in [0, 0.1) is 0 Å². The van der Waals surface area contributed by atoms with Gasteiger partial charge in [-0.15, -0.1) is 0 Å². The second-order valence-corrected chi connectivity index (χ2v) is 16.3. The lowest BCUT2D eigenvalue weighted by Gasteiger charge is -2.34. The SMILES string of the molecule is c1cc2c3c(c1)-n1c4ccc5c6ccccc6c6ccccc6c5c4c4c5c6ccccc6c6ccccc6c5cc(c41)B3c1cccc3c4ccccc4n-2c13. The predicted octanol–water partition coefficient (Wildman–Crippen LogP) is 11.9. The molecule has 0 bridgehead atoms. The average molecular weight is 717 g/mol. The van der Waals surface area contributed by atoms with E-state index in [0.717, 1.165) is 0 Å². The standard InChI is InChI=1S/C54H29BN2/c1-3-17-34-30(13-1)32-15-5-7-20-37(32)48-39(34)27-28-45-50(48)51-49-38-21-8-6-16-33(38)31-14-2-4-18-35(31)41(49)29-43-54(51)57(45)47-26-12-25-46-52(47)55(43)42-23-11-22-40-36-19-9-10-24-44(36)56(46)53(40)42/h1-29H. The van der Waals surface area contributed by atoms with Gasteiger partial charge in [0.25, 0.3) is 6.71 Å². The summed E-state index contributed by atoms with van der Waals surface area (Å²) in [6.45, 7) is 0.0643. The van der Waals surface area contributed by atoms with Crippen LogP contribution in [0.1, 0.15) is 0 Å². The lowest BCUT2D eigenvalue weighted by atomic mass is 9.34. The first kappa shape index (κ1) is 29.0. The molecule has 3 heteroatoms. The maximum absolute atomic E-state index is 2.65. The van der Waals surface area contributed by atoms with Crippen molar-refractivity contribution in [1.29, 1.82) is 0 Å². The maximum Gasteiger partial charge on any atom is 0.252 e. The minimum atomic E-state index is 0.0643. The van der Waals surface area contributed by atoms with Crippen LogP contribution in [0.2, 0.25) is 0 Å². The first-order chi connectivity index (χ1) is 28.3. The number of fused-ring (bicyclic) bond motifs is 24. The first-order valence-electron chi connectivity index (χ1n) is 20.1. The van der Waals surface area contributed by atoms with E-state index in [1.165, 1.54) is 136 Å². The minimum Gasteiger partial charge on any atom is -0.310 e. The van der Waals surface area contributed by atoms with Gasteiger partial charge >= 0.3 is 0 Å². The van der Waals surface area contributed by atoms with Gasteiger partial charge in [0, 0.05) is 49.2 Å². The fourth-order valence-electron chi connectivity index (χ4n) is 11.8. The van der Waals surface area contributed by atoms with E-state index >= 15 is 0 Å². The average Bonchev–Trinajstić information content (AvgIpc) is 3.81. The molecule has 0 spiro atoms. The summed E-state index contributed by atoms with van der Waals surface area (Å²) in [6, 6.07) is 66.7. The van der Waals surface area contributed by atoms with Crippen molar-refractivity contribution >= 4 is 131 Å². The van der Waals surface area contributed by atoms with Crippen molar-refractivity contribution < 1.29 is 0 Å². The second-order valence-electron chi connectivity index (χ2n) is 16.3. The van der Waals surface area contributed by atoms with E-state index in [4.69, 9.17) is 0 Å². The molecule has 0 saturated carbocycles. The van der Waals surface area contributed by atoms with Crippen LogP contribution in [0.5, 0.6) is 0 Å². The van der Waals surface area contributed by atoms with Gasteiger partial charge in [-0.25, -0.2) is 0 Å². The van der Waals surface area contributed by atoms with Crippen LogP contribution in [0.3, 0.4) is 0 Å². The Kier molecular flexibility index (Phi) is 5.03. The van der Waals surface area contributed by atoms with Gasteiger partial charge in [-0.2, -0.15) is 0 Å². The fraction of sp³-hybridized carbons (Fsp3) is 0. The molecular weight excluding hydrogens is 687 g/mol. The Hall–Kier alpha value is -7.36. The molecule has 2 nitrogen and oxygen atoms in total. The normalized spacial score (nSPS) is 13.2. The third kappa shape index (κ3) is 3.24. The van der Waals surface area contributed by atoms with Crippen molar-refractivity contribution in [1.82, 2.24) is 9.13 Å². The number of hydrogen-bond donors (Lipinski definition) is 0. The zero-order chi connectivity index (χ0) is 36.7. The molecule has 0 radical (unpaired) electrons. The highest BCUT2D eigenvalue weighted by Gasteiger charge is 2.41. The van der Waals surface area contributed by atoms with E-state index in [-0.39, 0.29) is 6.71 Å². The van der Waals surface area contributed by atoms with Crippen LogP contribution < -0.4 is 16.4 Å². The van der Waals surface area contributed by atoms with E-state index in [0.29, 0.717) is 0 Å². The fourth-order valence-corrected chi connectivity index (χ4v) is 11.8. The van der Waals surface area contributed by atoms with E-state index in [2.05, 4.69) is 185 Å². The Morgan fingerprint density at radius 1 is 0.281 bits per heavy atom. The van der Waals surface area contributed by atoms with Crippen molar-refractivity contribution in [3.05, 3.63) is 176 Å². The lowest BCUT2D eigenvalue weighted by Crippen LogP contribution is -2.59. The van der Waals surface area contributed by atoms with Gasteiger partial charge in [-0.1, -0.05) is 152 Å². The van der Waals surface area contributed by atoms with Crippen molar-refractivity contribution in [3.8, 4) is 11.4 Å². The van der Waals surface area contributed by atoms with Crippen molar-refractivity contribution in [3.63, 3.8) is 0 Å². The summed E-state index contributed by atoms with van der Waals surface area (Å²) in [5.74, 6) is 0. The van der Waals surface area contributed by atoms with Crippen LogP contribution >= 0.6 is 0 Å². The number of nitrogens with zero attached hydrogens (tertiary/aromatic N) is 2. The highest BCUT2D eigenvalue weighted by atomic mass is 15.0. The summed E-state index contributed by atoms with van der Waals surface area (Å²) in [6.07, 6.45) is 0. The van der Waals surface area contributed by atoms with Crippen molar-refractivity contribution in [2.24, 2.45) is 0 Å². The molecular formula is C54H29BN2. The first-order valence-corrected chi connectivity index (χ1v) is 20.1. The molecule has 2 aliphatic heterocycles. The summed E-state index contributed by atoms with van der Waals surface area (Å²) >= 11 is 0. The Labute approximate surface area is 326 Å². The summed E-state index contributed by atoms with van der Waals surface area (Å²) < 4.78 is 5.21. The summed E-state index contributed by atoms with van der Waals surface area (Å²) in [5, 5.41) is 21.1. The van der Waals surface area contributed by atoms with Gasteiger partial charge in [-0.05, 0) is 94.5 Å². The molecule has 0 amide bonds. The molecule has 0 saturated heterocycles. The van der Waals surface area contributed by atoms with Gasteiger partial charge in [0.15, 0.2) is 0 Å². The second kappa shape index (κ2) is 9.89. The van der Waals surface area contributed by atoms with Crippen LogP contribution in [0.25, 0.3) is 120 Å².